The number of aromatic nitrogens is 2. The van der Waals surface area contributed by atoms with Crippen LogP contribution < -0.4 is 0 Å². The smallest absolute Gasteiger partial charge is 0.136 e. The summed E-state index contributed by atoms with van der Waals surface area (Å²) in [6.07, 6.45) is 8.53. The van der Waals surface area contributed by atoms with Crippen molar-refractivity contribution in [1.82, 2.24) is 9.55 Å². The molecule has 0 amide bonds. The molecular weight excluding hydrogens is 801 g/mol. The van der Waals surface area contributed by atoms with E-state index in [-0.39, 0.29) is 0 Å². The highest BCUT2D eigenvalue weighted by molar-refractivity contribution is 7.26. The summed E-state index contributed by atoms with van der Waals surface area (Å²) in [6.45, 7) is 0. The fourth-order valence-corrected chi connectivity index (χ4v) is 11.5. The van der Waals surface area contributed by atoms with E-state index in [0.29, 0.717) is 0 Å². The first-order valence-corrected chi connectivity index (χ1v) is 22.7. The number of benzene rings is 8. The van der Waals surface area contributed by atoms with Crippen molar-refractivity contribution < 1.29 is 8.83 Å². The lowest BCUT2D eigenvalue weighted by Gasteiger charge is -2.14. The van der Waals surface area contributed by atoms with Crippen molar-refractivity contribution in [2.75, 3.05) is 0 Å². The van der Waals surface area contributed by atoms with Gasteiger partial charge in [0.05, 0.1) is 22.4 Å². The second-order valence-corrected chi connectivity index (χ2v) is 18.0. The number of nitrogens with zero attached hydrogens (tertiary/aromatic N) is 2. The molecular formula is C59H36N2O2S. The maximum absolute atomic E-state index is 6.70. The molecule has 0 saturated carbocycles. The molecule has 8 aromatic carbocycles. The lowest BCUT2D eigenvalue weighted by Crippen LogP contribution is -1.96. The highest BCUT2D eigenvalue weighted by atomic mass is 32.1. The Bertz CT molecular complexity index is 4140. The van der Waals surface area contributed by atoms with Crippen LogP contribution in [0.25, 0.3) is 131 Å². The predicted molar refractivity (Wildman–Crippen MR) is 269 cm³/mol. The van der Waals surface area contributed by atoms with Crippen molar-refractivity contribution in [1.29, 1.82) is 0 Å². The van der Waals surface area contributed by atoms with Gasteiger partial charge in [-0.1, -0.05) is 115 Å². The minimum atomic E-state index is 0.858. The number of allylic oxidation sites excluding steroid dienone is 4. The molecule has 0 saturated heterocycles. The summed E-state index contributed by atoms with van der Waals surface area (Å²) >= 11 is 1.87. The Kier molecular flexibility index (Phi) is 7.65. The Morgan fingerprint density at radius 3 is 2.14 bits per heavy atom. The molecule has 1 aliphatic rings. The Labute approximate surface area is 371 Å². The number of furan rings is 2. The molecule has 1 aliphatic carbocycles. The van der Waals surface area contributed by atoms with Crippen LogP contribution in [0, 0.1) is 0 Å². The fourth-order valence-electron chi connectivity index (χ4n) is 10.4. The molecule has 5 heterocycles. The molecule has 5 heteroatoms. The van der Waals surface area contributed by atoms with Crippen molar-refractivity contribution >= 4 is 103 Å². The topological polar surface area (TPSA) is 44.1 Å². The SMILES string of the molecule is C1=CCCC(c2cc(-c3cccc4oc5ccc(-c6cccc7c8c9c(ccc8n(-c8ccccc8)c67)sc6ccccc69)cc5c34)cc(-c3ccc4c(c3)oc3ccccc34)n2)=C1. The van der Waals surface area contributed by atoms with E-state index in [1.165, 1.54) is 53.1 Å². The zero-order chi connectivity index (χ0) is 41.9. The van der Waals surface area contributed by atoms with Gasteiger partial charge in [-0.3, -0.25) is 0 Å². The van der Waals surface area contributed by atoms with E-state index < -0.39 is 0 Å². The van der Waals surface area contributed by atoms with Gasteiger partial charge < -0.3 is 13.4 Å². The summed E-state index contributed by atoms with van der Waals surface area (Å²) in [5.41, 5.74) is 15.7. The van der Waals surface area contributed by atoms with Crippen molar-refractivity contribution in [2.45, 2.75) is 12.8 Å². The largest absolute Gasteiger partial charge is 0.456 e. The van der Waals surface area contributed by atoms with Crippen molar-refractivity contribution in [3.63, 3.8) is 0 Å². The number of fused-ring (bicyclic) bond motifs is 13. The van der Waals surface area contributed by atoms with Crippen LogP contribution in [0.5, 0.6) is 0 Å². The third-order valence-corrected chi connectivity index (χ3v) is 14.4. The molecule has 0 fully saturated rings. The van der Waals surface area contributed by atoms with E-state index in [0.717, 1.165) is 96.0 Å². The van der Waals surface area contributed by atoms with E-state index >= 15 is 0 Å². The summed E-state index contributed by atoms with van der Waals surface area (Å²) in [5.74, 6) is 0. The van der Waals surface area contributed by atoms with E-state index in [2.05, 4.69) is 187 Å². The minimum absolute atomic E-state index is 0.858. The molecule has 0 aliphatic heterocycles. The van der Waals surface area contributed by atoms with Crippen molar-refractivity contribution in [3.05, 3.63) is 200 Å². The number of para-hydroxylation sites is 3. The Balaban J connectivity index is 0.998. The van der Waals surface area contributed by atoms with Gasteiger partial charge in [-0.05, 0) is 114 Å². The Morgan fingerprint density at radius 2 is 1.22 bits per heavy atom. The predicted octanol–water partition coefficient (Wildman–Crippen LogP) is 17.1. The molecule has 4 nitrogen and oxygen atoms in total. The van der Waals surface area contributed by atoms with Gasteiger partial charge in [-0.15, -0.1) is 11.3 Å². The zero-order valence-corrected chi connectivity index (χ0v) is 35.3. The molecule has 13 aromatic rings. The monoisotopic (exact) mass is 836 g/mol. The Hall–Kier alpha value is -7.99. The van der Waals surface area contributed by atoms with E-state index in [1.54, 1.807) is 0 Å². The molecule has 300 valence electrons. The van der Waals surface area contributed by atoms with Crippen molar-refractivity contribution in [2.24, 2.45) is 0 Å². The van der Waals surface area contributed by atoms with E-state index in [9.17, 15) is 0 Å². The molecule has 0 bridgehead atoms. The third-order valence-electron chi connectivity index (χ3n) is 13.3. The summed E-state index contributed by atoms with van der Waals surface area (Å²) in [5, 5.41) is 9.56. The fraction of sp³-hybridized carbons (Fsp3) is 0.0339. The lowest BCUT2D eigenvalue weighted by molar-refractivity contribution is 0.668. The zero-order valence-electron chi connectivity index (χ0n) is 34.5. The minimum Gasteiger partial charge on any atom is -0.456 e. The van der Waals surface area contributed by atoms with Gasteiger partial charge in [-0.25, -0.2) is 4.98 Å². The third kappa shape index (κ3) is 5.31. The van der Waals surface area contributed by atoms with E-state index in [4.69, 9.17) is 13.8 Å². The van der Waals surface area contributed by atoms with Crippen LogP contribution in [0.1, 0.15) is 18.5 Å². The first-order valence-electron chi connectivity index (χ1n) is 21.9. The van der Waals surface area contributed by atoms with Gasteiger partial charge in [0.25, 0.3) is 0 Å². The van der Waals surface area contributed by atoms with Gasteiger partial charge in [0.1, 0.15) is 22.3 Å². The van der Waals surface area contributed by atoms with Crippen LogP contribution in [0.15, 0.2) is 203 Å². The molecule has 5 aromatic heterocycles. The van der Waals surface area contributed by atoms with Gasteiger partial charge in [0.2, 0.25) is 0 Å². The van der Waals surface area contributed by atoms with Gasteiger partial charge in [0.15, 0.2) is 0 Å². The number of hydrogen-bond donors (Lipinski definition) is 0. The second kappa shape index (κ2) is 13.8. The molecule has 64 heavy (non-hydrogen) atoms. The first kappa shape index (κ1) is 35.6. The molecule has 0 atom stereocenters. The Morgan fingerprint density at radius 1 is 0.469 bits per heavy atom. The van der Waals surface area contributed by atoms with E-state index in [1.807, 2.05) is 23.5 Å². The van der Waals surface area contributed by atoms with Crippen LogP contribution in [-0.4, -0.2) is 9.55 Å². The number of hydrogen-bond acceptors (Lipinski definition) is 4. The first-order chi connectivity index (χ1) is 31.7. The standard InChI is InChI=1S/C59H36N2O2S/c1-3-13-35(14-4-1)47-32-38(33-48(60-47)37-25-27-43-42-17-7-9-22-50(42)63-53(43)34-37)40-19-12-23-52-56(40)46-31-36(26-29-51(46)62-52)41-20-11-21-45-57-49(61(59(41)45)39-15-5-2-6-16-39)28-30-55-58(57)44-18-8-10-24-54(44)64-55/h1-3,5-13,15-34H,4,14H2. The molecule has 0 N–H and O–H groups in total. The van der Waals surface area contributed by atoms with Crippen LogP contribution in [-0.2, 0) is 0 Å². The average Bonchev–Trinajstić information content (AvgIpc) is 4.12. The van der Waals surface area contributed by atoms with Crippen molar-refractivity contribution in [3.8, 4) is 39.2 Å². The summed E-state index contributed by atoms with van der Waals surface area (Å²) in [4.78, 5) is 5.34. The van der Waals surface area contributed by atoms with Gasteiger partial charge >= 0.3 is 0 Å². The highest BCUT2D eigenvalue weighted by Crippen LogP contribution is 2.47. The lowest BCUT2D eigenvalue weighted by atomic mass is 9.93. The maximum atomic E-state index is 6.70. The summed E-state index contributed by atoms with van der Waals surface area (Å²) < 4.78 is 18.1. The normalized spacial score (nSPS) is 13.2. The van der Waals surface area contributed by atoms with Gasteiger partial charge in [-0.2, -0.15) is 0 Å². The molecule has 14 rings (SSSR count). The van der Waals surface area contributed by atoms with Crippen LogP contribution in [0.2, 0.25) is 0 Å². The van der Waals surface area contributed by atoms with Crippen LogP contribution in [0.3, 0.4) is 0 Å². The van der Waals surface area contributed by atoms with Crippen LogP contribution >= 0.6 is 11.3 Å². The number of thiophene rings is 1. The molecule has 0 radical (unpaired) electrons. The maximum Gasteiger partial charge on any atom is 0.136 e. The highest BCUT2D eigenvalue weighted by Gasteiger charge is 2.22. The summed E-state index contributed by atoms with van der Waals surface area (Å²) in [6, 6.07) is 63.4. The molecule has 0 unspecified atom stereocenters. The number of rotatable bonds is 5. The quantitative estimate of drug-likeness (QED) is 0.173. The second-order valence-electron chi connectivity index (χ2n) is 16.9. The van der Waals surface area contributed by atoms with Crippen LogP contribution in [0.4, 0.5) is 0 Å². The number of pyridine rings is 1. The van der Waals surface area contributed by atoms with Gasteiger partial charge in [0, 0.05) is 69.3 Å². The summed E-state index contributed by atoms with van der Waals surface area (Å²) in [7, 11) is 0. The average molecular weight is 837 g/mol. The molecule has 0 spiro atoms.